The first-order valence-corrected chi connectivity index (χ1v) is 9.17. The van der Waals surface area contributed by atoms with Crippen LogP contribution in [0, 0.1) is 5.92 Å². The van der Waals surface area contributed by atoms with Gasteiger partial charge in [0.05, 0.1) is 12.6 Å². The van der Waals surface area contributed by atoms with Gasteiger partial charge in [-0.1, -0.05) is 44.0 Å². The molecule has 1 amide bonds. The zero-order chi connectivity index (χ0) is 18.2. The van der Waals surface area contributed by atoms with Gasteiger partial charge in [0, 0.05) is 36.3 Å². The third-order valence-corrected chi connectivity index (χ3v) is 5.00. The van der Waals surface area contributed by atoms with E-state index in [4.69, 9.17) is 11.6 Å². The highest BCUT2D eigenvalue weighted by molar-refractivity contribution is 6.30. The molecule has 0 aliphatic rings. The van der Waals surface area contributed by atoms with Gasteiger partial charge in [-0.3, -0.25) is 4.79 Å². The van der Waals surface area contributed by atoms with Gasteiger partial charge < -0.3 is 15.0 Å². The Balaban J connectivity index is 2.09. The lowest BCUT2D eigenvalue weighted by atomic mass is 9.94. The molecular formula is C20H27ClN2O2. The Morgan fingerprint density at radius 2 is 1.88 bits per heavy atom. The second-order valence-electron chi connectivity index (χ2n) is 6.57. The largest absolute Gasteiger partial charge is 0.394 e. The molecule has 1 aromatic carbocycles. The third-order valence-electron chi connectivity index (χ3n) is 4.74. The molecule has 5 heteroatoms. The molecule has 2 rings (SSSR count). The third kappa shape index (κ3) is 5.91. The molecule has 0 bridgehead atoms. The van der Waals surface area contributed by atoms with Crippen LogP contribution in [0.5, 0.6) is 0 Å². The standard InChI is InChI=1S/C20H27ClN2O2/c1-3-15(2)19(14-24)22-20(25)12-17(13-23-10-4-5-11-23)16-6-8-18(21)9-7-16/h4-11,15,17,19,24H,3,12-14H2,1-2H3,(H,22,25)/t15-,17-,19+/m0/s1. The summed E-state index contributed by atoms with van der Waals surface area (Å²) in [6, 6.07) is 11.4. The van der Waals surface area contributed by atoms with Gasteiger partial charge >= 0.3 is 0 Å². The number of nitrogens with one attached hydrogen (secondary N) is 1. The predicted molar refractivity (Wildman–Crippen MR) is 102 cm³/mol. The lowest BCUT2D eigenvalue weighted by Gasteiger charge is -2.24. The Kier molecular flexibility index (Phi) is 7.53. The van der Waals surface area contributed by atoms with Crippen molar-refractivity contribution in [3.8, 4) is 0 Å². The summed E-state index contributed by atoms with van der Waals surface area (Å²) < 4.78 is 2.07. The molecule has 2 aromatic rings. The normalized spacial score (nSPS) is 14.7. The summed E-state index contributed by atoms with van der Waals surface area (Å²) in [5, 5.41) is 13.2. The van der Waals surface area contributed by atoms with Gasteiger partial charge in [0.15, 0.2) is 0 Å². The summed E-state index contributed by atoms with van der Waals surface area (Å²) in [4.78, 5) is 12.6. The molecule has 0 radical (unpaired) electrons. The number of carbonyl (C=O) groups excluding carboxylic acids is 1. The van der Waals surface area contributed by atoms with E-state index in [0.717, 1.165) is 18.5 Å². The van der Waals surface area contributed by atoms with Crippen LogP contribution in [-0.4, -0.2) is 28.2 Å². The summed E-state index contributed by atoms with van der Waals surface area (Å²) in [6.45, 7) is 4.78. The molecule has 0 aliphatic carbocycles. The zero-order valence-corrected chi connectivity index (χ0v) is 15.6. The number of aliphatic hydroxyl groups is 1. The topological polar surface area (TPSA) is 54.3 Å². The van der Waals surface area contributed by atoms with Crippen molar-refractivity contribution < 1.29 is 9.90 Å². The molecule has 2 N–H and O–H groups in total. The fourth-order valence-electron chi connectivity index (χ4n) is 2.91. The van der Waals surface area contributed by atoms with Gasteiger partial charge in [0.1, 0.15) is 0 Å². The summed E-state index contributed by atoms with van der Waals surface area (Å²) >= 11 is 5.99. The molecule has 1 aromatic heterocycles. The van der Waals surface area contributed by atoms with Crippen LogP contribution in [0.3, 0.4) is 0 Å². The minimum absolute atomic E-state index is 0.0357. The average molecular weight is 363 g/mol. The molecule has 0 spiro atoms. The van der Waals surface area contributed by atoms with E-state index in [-0.39, 0.29) is 30.4 Å². The number of hydrogen-bond acceptors (Lipinski definition) is 2. The number of aliphatic hydroxyl groups excluding tert-OH is 1. The van der Waals surface area contributed by atoms with E-state index in [1.54, 1.807) is 0 Å². The summed E-state index contributed by atoms with van der Waals surface area (Å²) in [5.74, 6) is 0.250. The number of hydrogen-bond donors (Lipinski definition) is 2. The van der Waals surface area contributed by atoms with Crippen molar-refractivity contribution >= 4 is 17.5 Å². The molecule has 0 saturated heterocycles. The molecule has 1 heterocycles. The first-order valence-electron chi connectivity index (χ1n) is 8.80. The van der Waals surface area contributed by atoms with Crippen molar-refractivity contribution in [1.82, 2.24) is 9.88 Å². The molecular weight excluding hydrogens is 336 g/mol. The van der Waals surface area contributed by atoms with E-state index in [0.29, 0.717) is 11.4 Å². The second-order valence-corrected chi connectivity index (χ2v) is 7.01. The van der Waals surface area contributed by atoms with E-state index >= 15 is 0 Å². The number of amides is 1. The Bertz CT molecular complexity index is 640. The van der Waals surface area contributed by atoms with Crippen LogP contribution in [-0.2, 0) is 11.3 Å². The predicted octanol–water partition coefficient (Wildman–Crippen LogP) is 3.84. The molecule has 0 fully saturated rings. The average Bonchev–Trinajstić information content (AvgIpc) is 3.12. The minimum atomic E-state index is -0.199. The lowest BCUT2D eigenvalue weighted by Crippen LogP contribution is -2.42. The highest BCUT2D eigenvalue weighted by Crippen LogP contribution is 2.24. The highest BCUT2D eigenvalue weighted by atomic mass is 35.5. The van der Waals surface area contributed by atoms with Crippen molar-refractivity contribution in [2.75, 3.05) is 6.61 Å². The Morgan fingerprint density at radius 1 is 1.24 bits per heavy atom. The van der Waals surface area contributed by atoms with Crippen molar-refractivity contribution in [2.24, 2.45) is 5.92 Å². The maximum absolute atomic E-state index is 12.6. The van der Waals surface area contributed by atoms with Gasteiger partial charge in [0.2, 0.25) is 5.91 Å². The number of aromatic nitrogens is 1. The maximum Gasteiger partial charge on any atom is 0.220 e. The number of benzene rings is 1. The summed E-state index contributed by atoms with van der Waals surface area (Å²) in [6.07, 6.45) is 5.27. The van der Waals surface area contributed by atoms with Gasteiger partial charge in [-0.15, -0.1) is 0 Å². The van der Waals surface area contributed by atoms with Crippen LogP contribution >= 0.6 is 11.6 Å². The Labute approximate surface area is 154 Å². The number of halogens is 1. The van der Waals surface area contributed by atoms with E-state index in [1.807, 2.05) is 55.7 Å². The lowest BCUT2D eigenvalue weighted by molar-refractivity contribution is -0.123. The van der Waals surface area contributed by atoms with Crippen molar-refractivity contribution in [1.29, 1.82) is 0 Å². The SMILES string of the molecule is CC[C@H](C)[C@@H](CO)NC(=O)C[C@@H](Cn1cccc1)c1ccc(Cl)cc1. The van der Waals surface area contributed by atoms with Crippen molar-refractivity contribution in [2.45, 2.75) is 45.2 Å². The first kappa shape index (κ1) is 19.5. The molecule has 0 saturated carbocycles. The van der Waals surface area contributed by atoms with Gasteiger partial charge in [0.25, 0.3) is 0 Å². The summed E-state index contributed by atoms with van der Waals surface area (Å²) in [5.41, 5.74) is 1.08. The molecule has 3 atom stereocenters. The van der Waals surface area contributed by atoms with Crippen LogP contribution in [0.25, 0.3) is 0 Å². The van der Waals surface area contributed by atoms with Crippen LogP contribution in [0.1, 0.15) is 38.2 Å². The monoisotopic (exact) mass is 362 g/mol. The van der Waals surface area contributed by atoms with Crippen LogP contribution in [0.2, 0.25) is 5.02 Å². The number of rotatable bonds is 9. The van der Waals surface area contributed by atoms with Crippen LogP contribution in [0.4, 0.5) is 0 Å². The smallest absolute Gasteiger partial charge is 0.220 e. The number of nitrogens with zero attached hydrogens (tertiary/aromatic N) is 1. The molecule has 4 nitrogen and oxygen atoms in total. The van der Waals surface area contributed by atoms with E-state index < -0.39 is 0 Å². The molecule has 136 valence electrons. The van der Waals surface area contributed by atoms with Crippen molar-refractivity contribution in [3.05, 3.63) is 59.4 Å². The van der Waals surface area contributed by atoms with Crippen LogP contribution < -0.4 is 5.32 Å². The Hall–Kier alpha value is -1.78. The first-order chi connectivity index (χ1) is 12.0. The molecule has 0 aliphatic heterocycles. The van der Waals surface area contributed by atoms with Crippen LogP contribution in [0.15, 0.2) is 48.8 Å². The second kappa shape index (κ2) is 9.64. The quantitative estimate of drug-likeness (QED) is 0.712. The highest BCUT2D eigenvalue weighted by Gasteiger charge is 2.21. The zero-order valence-electron chi connectivity index (χ0n) is 14.9. The fourth-order valence-corrected chi connectivity index (χ4v) is 3.04. The van der Waals surface area contributed by atoms with E-state index in [2.05, 4.69) is 16.8 Å². The fraction of sp³-hybridized carbons (Fsp3) is 0.450. The molecule has 0 unspecified atom stereocenters. The summed E-state index contributed by atoms with van der Waals surface area (Å²) in [7, 11) is 0. The van der Waals surface area contributed by atoms with Crippen molar-refractivity contribution in [3.63, 3.8) is 0 Å². The van der Waals surface area contributed by atoms with Gasteiger partial charge in [-0.25, -0.2) is 0 Å². The van der Waals surface area contributed by atoms with E-state index in [9.17, 15) is 9.90 Å². The molecule has 25 heavy (non-hydrogen) atoms. The van der Waals surface area contributed by atoms with Gasteiger partial charge in [-0.05, 0) is 35.7 Å². The minimum Gasteiger partial charge on any atom is -0.394 e. The number of carbonyl (C=O) groups is 1. The maximum atomic E-state index is 12.6. The Morgan fingerprint density at radius 3 is 2.44 bits per heavy atom. The van der Waals surface area contributed by atoms with Gasteiger partial charge in [-0.2, -0.15) is 0 Å². The van der Waals surface area contributed by atoms with E-state index in [1.165, 1.54) is 0 Å².